The van der Waals surface area contributed by atoms with E-state index in [4.69, 9.17) is 4.74 Å². The highest BCUT2D eigenvalue weighted by Gasteiger charge is 2.29. The maximum Gasteiger partial charge on any atom is 0.320 e. The zero-order valence-corrected chi connectivity index (χ0v) is 14.2. The number of carbonyl (C=O) groups is 2. The summed E-state index contributed by atoms with van der Waals surface area (Å²) in [5.41, 5.74) is 1.15. The molecule has 0 bridgehead atoms. The van der Waals surface area contributed by atoms with Crippen molar-refractivity contribution in [2.75, 3.05) is 26.2 Å². The molecule has 1 aliphatic heterocycles. The number of ether oxygens (including phenoxy) is 1. The van der Waals surface area contributed by atoms with E-state index in [1.807, 2.05) is 31.2 Å². The van der Waals surface area contributed by atoms with Crippen molar-refractivity contribution >= 4 is 11.9 Å². The Hall–Kier alpha value is -2.08. The first-order valence-electron chi connectivity index (χ1n) is 8.49. The van der Waals surface area contributed by atoms with E-state index in [-0.39, 0.29) is 12.5 Å². The molecule has 2 rings (SSSR count). The Morgan fingerprint density at radius 1 is 1.38 bits per heavy atom. The Balaban J connectivity index is 1.63. The number of amides is 1. The molecule has 1 saturated heterocycles. The molecule has 24 heavy (non-hydrogen) atoms. The summed E-state index contributed by atoms with van der Waals surface area (Å²) in [4.78, 5) is 24.9. The number of carbonyl (C=O) groups excluding carboxylic acids is 1. The minimum atomic E-state index is -0.839. The minimum absolute atomic E-state index is 0.126. The van der Waals surface area contributed by atoms with Gasteiger partial charge in [-0.3, -0.25) is 14.5 Å². The number of rotatable bonds is 8. The van der Waals surface area contributed by atoms with Crippen LogP contribution in [0.2, 0.25) is 0 Å². The summed E-state index contributed by atoms with van der Waals surface area (Å²) >= 11 is 0. The fourth-order valence-corrected chi connectivity index (χ4v) is 2.90. The van der Waals surface area contributed by atoms with Crippen LogP contribution >= 0.6 is 0 Å². The lowest BCUT2D eigenvalue weighted by Crippen LogP contribution is -2.49. The van der Waals surface area contributed by atoms with Crippen LogP contribution in [0, 0.1) is 6.92 Å². The second kappa shape index (κ2) is 9.27. The van der Waals surface area contributed by atoms with E-state index in [0.29, 0.717) is 32.5 Å². The number of aliphatic carboxylic acids is 1. The second-order valence-corrected chi connectivity index (χ2v) is 6.19. The van der Waals surface area contributed by atoms with E-state index >= 15 is 0 Å². The summed E-state index contributed by atoms with van der Waals surface area (Å²) in [6.07, 6.45) is 3.18. The second-order valence-electron chi connectivity index (χ2n) is 6.19. The number of nitrogens with one attached hydrogen (secondary N) is 1. The predicted octanol–water partition coefficient (Wildman–Crippen LogP) is 1.82. The molecule has 0 saturated carbocycles. The molecule has 1 amide bonds. The summed E-state index contributed by atoms with van der Waals surface area (Å²) in [6, 6.07) is 7.31. The Morgan fingerprint density at radius 3 is 2.96 bits per heavy atom. The number of piperidine rings is 1. The number of benzene rings is 1. The quantitative estimate of drug-likeness (QED) is 0.709. The maximum absolute atomic E-state index is 12.0. The molecule has 1 aromatic rings. The molecule has 1 fully saturated rings. The van der Waals surface area contributed by atoms with E-state index in [0.717, 1.165) is 24.2 Å². The molecule has 1 aliphatic rings. The molecule has 1 unspecified atom stereocenters. The van der Waals surface area contributed by atoms with E-state index in [9.17, 15) is 14.7 Å². The lowest BCUT2D eigenvalue weighted by molar-refractivity contribution is -0.145. The van der Waals surface area contributed by atoms with Gasteiger partial charge in [0.25, 0.3) is 0 Å². The Kier molecular flexibility index (Phi) is 7.06. The van der Waals surface area contributed by atoms with Gasteiger partial charge >= 0.3 is 5.97 Å². The highest BCUT2D eigenvalue weighted by atomic mass is 16.5. The number of likely N-dealkylation sites (tertiary alicyclic amines) is 1. The third-order valence-corrected chi connectivity index (χ3v) is 4.15. The first-order chi connectivity index (χ1) is 11.6. The number of carboxylic acid groups (broad SMARTS) is 1. The van der Waals surface area contributed by atoms with Crippen LogP contribution in [0.1, 0.15) is 31.2 Å². The van der Waals surface area contributed by atoms with Gasteiger partial charge in [0.15, 0.2) is 0 Å². The number of carboxylic acids is 1. The summed E-state index contributed by atoms with van der Waals surface area (Å²) in [5.74, 6) is -0.133. The highest BCUT2D eigenvalue weighted by Crippen LogP contribution is 2.16. The van der Waals surface area contributed by atoms with Gasteiger partial charge in [0.1, 0.15) is 11.8 Å². The fraction of sp³-hybridized carbons (Fsp3) is 0.556. The summed E-state index contributed by atoms with van der Waals surface area (Å²) < 4.78 is 5.63. The molecular weight excluding hydrogens is 308 g/mol. The fourth-order valence-electron chi connectivity index (χ4n) is 2.90. The Morgan fingerprint density at radius 2 is 2.21 bits per heavy atom. The molecule has 0 aromatic heterocycles. The van der Waals surface area contributed by atoms with Gasteiger partial charge in [-0.2, -0.15) is 0 Å². The normalized spacial score (nSPS) is 18.1. The molecule has 0 spiro atoms. The van der Waals surface area contributed by atoms with Crippen LogP contribution in [0.3, 0.4) is 0 Å². The van der Waals surface area contributed by atoms with Gasteiger partial charge in [-0.05, 0) is 50.4 Å². The number of hydrogen-bond acceptors (Lipinski definition) is 4. The maximum atomic E-state index is 12.0. The average molecular weight is 334 g/mol. The molecule has 6 nitrogen and oxygen atoms in total. The van der Waals surface area contributed by atoms with Crippen molar-refractivity contribution in [2.24, 2.45) is 0 Å². The molecule has 1 heterocycles. The predicted molar refractivity (Wildman–Crippen MR) is 91.1 cm³/mol. The van der Waals surface area contributed by atoms with Crippen LogP contribution in [0.4, 0.5) is 0 Å². The van der Waals surface area contributed by atoms with Gasteiger partial charge < -0.3 is 15.2 Å². The largest absolute Gasteiger partial charge is 0.494 e. The summed E-state index contributed by atoms with van der Waals surface area (Å²) in [6.45, 7) is 3.88. The molecule has 2 N–H and O–H groups in total. The number of aryl methyl sites for hydroxylation is 1. The molecule has 1 atom stereocenters. The smallest absolute Gasteiger partial charge is 0.320 e. The Bertz CT molecular complexity index is 562. The van der Waals surface area contributed by atoms with Crippen LogP contribution < -0.4 is 10.1 Å². The first-order valence-corrected chi connectivity index (χ1v) is 8.49. The molecule has 0 aliphatic carbocycles. The van der Waals surface area contributed by atoms with Crippen LogP contribution in [0.25, 0.3) is 0 Å². The van der Waals surface area contributed by atoms with Gasteiger partial charge in [0, 0.05) is 6.54 Å². The van der Waals surface area contributed by atoms with Gasteiger partial charge in [-0.1, -0.05) is 18.6 Å². The highest BCUT2D eigenvalue weighted by molar-refractivity contribution is 5.80. The van der Waals surface area contributed by atoms with Crippen molar-refractivity contribution < 1.29 is 19.4 Å². The molecule has 1 aromatic carbocycles. The van der Waals surface area contributed by atoms with Crippen molar-refractivity contribution in [2.45, 2.75) is 38.6 Å². The first kappa shape index (κ1) is 18.3. The molecular formula is C18H26N2O4. The summed E-state index contributed by atoms with van der Waals surface area (Å²) in [7, 11) is 0. The van der Waals surface area contributed by atoms with Crippen molar-refractivity contribution in [1.82, 2.24) is 10.2 Å². The van der Waals surface area contributed by atoms with Gasteiger partial charge in [-0.15, -0.1) is 0 Å². The average Bonchev–Trinajstić information content (AvgIpc) is 2.55. The van der Waals surface area contributed by atoms with E-state index < -0.39 is 12.0 Å². The van der Waals surface area contributed by atoms with E-state index in [1.54, 1.807) is 4.90 Å². The van der Waals surface area contributed by atoms with Gasteiger partial charge in [0.2, 0.25) is 5.91 Å². The Labute approximate surface area is 142 Å². The van der Waals surface area contributed by atoms with Crippen LogP contribution in [0.5, 0.6) is 5.75 Å². The molecule has 132 valence electrons. The lowest BCUT2D eigenvalue weighted by atomic mass is 10.0. The molecule has 0 radical (unpaired) electrons. The topological polar surface area (TPSA) is 78.9 Å². The molecule has 6 heteroatoms. The third-order valence-electron chi connectivity index (χ3n) is 4.15. The zero-order chi connectivity index (χ0) is 17.4. The van der Waals surface area contributed by atoms with Crippen LogP contribution in [-0.4, -0.2) is 54.2 Å². The summed E-state index contributed by atoms with van der Waals surface area (Å²) in [5, 5.41) is 12.0. The van der Waals surface area contributed by atoms with Gasteiger partial charge in [-0.25, -0.2) is 0 Å². The van der Waals surface area contributed by atoms with E-state index in [2.05, 4.69) is 5.32 Å². The number of hydrogen-bond donors (Lipinski definition) is 2. The van der Waals surface area contributed by atoms with Crippen LogP contribution in [-0.2, 0) is 9.59 Å². The zero-order valence-electron chi connectivity index (χ0n) is 14.2. The van der Waals surface area contributed by atoms with Crippen molar-refractivity contribution in [3.8, 4) is 5.75 Å². The van der Waals surface area contributed by atoms with Crippen molar-refractivity contribution in [1.29, 1.82) is 0 Å². The van der Waals surface area contributed by atoms with E-state index in [1.165, 1.54) is 0 Å². The third kappa shape index (κ3) is 5.85. The van der Waals surface area contributed by atoms with Crippen molar-refractivity contribution in [3.63, 3.8) is 0 Å². The standard InChI is InChI=1S/C18H26N2O4/c1-14-6-4-7-15(12-14)24-11-5-9-19-17(21)13-20-10-3-2-8-16(20)18(22)23/h4,6-7,12,16H,2-3,5,8-11,13H2,1H3,(H,19,21)(H,22,23). The number of nitrogens with zero attached hydrogens (tertiary/aromatic N) is 1. The van der Waals surface area contributed by atoms with Crippen molar-refractivity contribution in [3.05, 3.63) is 29.8 Å². The minimum Gasteiger partial charge on any atom is -0.494 e. The lowest BCUT2D eigenvalue weighted by Gasteiger charge is -2.32. The monoisotopic (exact) mass is 334 g/mol. The van der Waals surface area contributed by atoms with Crippen LogP contribution in [0.15, 0.2) is 24.3 Å². The SMILES string of the molecule is Cc1cccc(OCCCNC(=O)CN2CCCCC2C(=O)O)c1. The van der Waals surface area contributed by atoms with Gasteiger partial charge in [0.05, 0.1) is 13.2 Å².